The third kappa shape index (κ3) is 3.84. The van der Waals surface area contributed by atoms with E-state index in [-0.39, 0.29) is 0 Å². The minimum absolute atomic E-state index is 0.614. The molecule has 0 aromatic heterocycles. The van der Waals surface area contributed by atoms with Crippen molar-refractivity contribution in [1.29, 1.82) is 0 Å². The Kier molecular flexibility index (Phi) is 4.82. The first-order valence-corrected chi connectivity index (χ1v) is 7.48. The Bertz CT molecular complexity index is 336. The summed E-state index contributed by atoms with van der Waals surface area (Å²) in [5, 5.41) is 0. The SMILES string of the molecule is CCCCC1(C)CCN(Cc2ccccc2)CC1. The van der Waals surface area contributed by atoms with Crippen molar-refractivity contribution in [2.24, 2.45) is 5.41 Å². The molecule has 0 bridgehead atoms. The van der Waals surface area contributed by atoms with Crippen LogP contribution in [0.3, 0.4) is 0 Å². The molecule has 0 unspecified atom stereocenters. The Balaban J connectivity index is 1.80. The summed E-state index contributed by atoms with van der Waals surface area (Å²) >= 11 is 0. The predicted molar refractivity (Wildman–Crippen MR) is 78.6 cm³/mol. The van der Waals surface area contributed by atoms with Gasteiger partial charge in [-0.1, -0.05) is 57.0 Å². The van der Waals surface area contributed by atoms with Crippen LogP contribution in [0.5, 0.6) is 0 Å². The average molecular weight is 245 g/mol. The maximum Gasteiger partial charge on any atom is 0.0233 e. The topological polar surface area (TPSA) is 3.24 Å². The molecule has 0 saturated carbocycles. The largest absolute Gasteiger partial charge is 0.299 e. The fourth-order valence-electron chi connectivity index (χ4n) is 2.95. The van der Waals surface area contributed by atoms with E-state index in [1.54, 1.807) is 0 Å². The molecular formula is C17H27N. The molecule has 1 aliphatic rings. The highest BCUT2D eigenvalue weighted by atomic mass is 15.1. The van der Waals surface area contributed by atoms with E-state index in [0.29, 0.717) is 5.41 Å². The van der Waals surface area contributed by atoms with Crippen LogP contribution in [0.2, 0.25) is 0 Å². The minimum Gasteiger partial charge on any atom is -0.299 e. The van der Waals surface area contributed by atoms with Gasteiger partial charge in [-0.15, -0.1) is 0 Å². The van der Waals surface area contributed by atoms with Crippen molar-refractivity contribution in [2.45, 2.75) is 52.5 Å². The lowest BCUT2D eigenvalue weighted by Crippen LogP contribution is -2.38. The van der Waals surface area contributed by atoms with Gasteiger partial charge in [0, 0.05) is 6.54 Å². The van der Waals surface area contributed by atoms with Gasteiger partial charge in [-0.3, -0.25) is 4.90 Å². The average Bonchev–Trinajstić information content (AvgIpc) is 2.41. The van der Waals surface area contributed by atoms with Gasteiger partial charge in [0.15, 0.2) is 0 Å². The van der Waals surface area contributed by atoms with Crippen LogP contribution in [0, 0.1) is 5.41 Å². The monoisotopic (exact) mass is 245 g/mol. The standard InChI is InChI=1S/C17H27N/c1-3-4-10-17(2)11-13-18(14-12-17)15-16-8-6-5-7-9-16/h5-9H,3-4,10-15H2,1-2H3. The summed E-state index contributed by atoms with van der Waals surface area (Å²) in [5.74, 6) is 0. The number of unbranched alkanes of at least 4 members (excludes halogenated alkanes) is 1. The van der Waals surface area contributed by atoms with Gasteiger partial charge < -0.3 is 0 Å². The molecule has 2 rings (SSSR count). The second kappa shape index (κ2) is 6.38. The zero-order valence-electron chi connectivity index (χ0n) is 12.0. The van der Waals surface area contributed by atoms with Crippen molar-refractivity contribution in [2.75, 3.05) is 13.1 Å². The number of likely N-dealkylation sites (tertiary alicyclic amines) is 1. The van der Waals surface area contributed by atoms with Gasteiger partial charge in [0.1, 0.15) is 0 Å². The van der Waals surface area contributed by atoms with Gasteiger partial charge in [-0.05, 0) is 43.3 Å². The molecule has 0 atom stereocenters. The smallest absolute Gasteiger partial charge is 0.0233 e. The van der Waals surface area contributed by atoms with Crippen LogP contribution in [0.4, 0.5) is 0 Å². The molecule has 1 aromatic carbocycles. The molecule has 1 saturated heterocycles. The molecule has 1 aliphatic heterocycles. The van der Waals surface area contributed by atoms with Gasteiger partial charge >= 0.3 is 0 Å². The summed E-state index contributed by atoms with van der Waals surface area (Å²) in [4.78, 5) is 2.61. The van der Waals surface area contributed by atoms with Crippen LogP contribution in [0.15, 0.2) is 30.3 Å². The molecule has 1 fully saturated rings. The summed E-state index contributed by atoms with van der Waals surface area (Å²) in [6, 6.07) is 10.9. The maximum absolute atomic E-state index is 2.61. The van der Waals surface area contributed by atoms with Crippen molar-refractivity contribution < 1.29 is 0 Å². The number of nitrogens with zero attached hydrogens (tertiary/aromatic N) is 1. The molecule has 0 radical (unpaired) electrons. The van der Waals surface area contributed by atoms with E-state index in [2.05, 4.69) is 49.1 Å². The minimum atomic E-state index is 0.614. The van der Waals surface area contributed by atoms with Crippen molar-refractivity contribution in [1.82, 2.24) is 4.90 Å². The zero-order valence-corrected chi connectivity index (χ0v) is 12.0. The normalized spacial score (nSPS) is 19.9. The van der Waals surface area contributed by atoms with Gasteiger partial charge in [0.25, 0.3) is 0 Å². The predicted octanol–water partition coefficient (Wildman–Crippen LogP) is 4.48. The number of hydrogen-bond donors (Lipinski definition) is 0. The molecule has 0 aliphatic carbocycles. The zero-order chi connectivity index (χ0) is 12.8. The first kappa shape index (κ1) is 13.6. The maximum atomic E-state index is 2.61. The van der Waals surface area contributed by atoms with Gasteiger partial charge in [0.05, 0.1) is 0 Å². The van der Waals surface area contributed by atoms with E-state index in [4.69, 9.17) is 0 Å². The fraction of sp³-hybridized carbons (Fsp3) is 0.647. The number of hydrogen-bond acceptors (Lipinski definition) is 1. The van der Waals surface area contributed by atoms with E-state index in [9.17, 15) is 0 Å². The van der Waals surface area contributed by atoms with Crippen LogP contribution in [0.1, 0.15) is 51.5 Å². The van der Waals surface area contributed by atoms with Crippen LogP contribution < -0.4 is 0 Å². The quantitative estimate of drug-likeness (QED) is 0.739. The molecule has 18 heavy (non-hydrogen) atoms. The van der Waals surface area contributed by atoms with Crippen LogP contribution in [-0.2, 0) is 6.54 Å². The van der Waals surface area contributed by atoms with Crippen molar-refractivity contribution in [3.8, 4) is 0 Å². The second-order valence-electron chi connectivity index (χ2n) is 6.18. The highest BCUT2D eigenvalue weighted by Crippen LogP contribution is 2.36. The molecule has 100 valence electrons. The molecular weight excluding hydrogens is 218 g/mol. The molecule has 1 aromatic rings. The van der Waals surface area contributed by atoms with Crippen molar-refractivity contribution in [3.05, 3.63) is 35.9 Å². The van der Waals surface area contributed by atoms with E-state index in [1.165, 1.54) is 50.8 Å². The van der Waals surface area contributed by atoms with Crippen molar-refractivity contribution in [3.63, 3.8) is 0 Å². The van der Waals surface area contributed by atoms with Crippen LogP contribution in [0.25, 0.3) is 0 Å². The van der Waals surface area contributed by atoms with Gasteiger partial charge in [-0.2, -0.15) is 0 Å². The highest BCUT2D eigenvalue weighted by molar-refractivity contribution is 5.14. The number of benzene rings is 1. The summed E-state index contributed by atoms with van der Waals surface area (Å²) in [6.07, 6.45) is 6.90. The van der Waals surface area contributed by atoms with E-state index in [1.807, 2.05) is 0 Å². The van der Waals surface area contributed by atoms with Gasteiger partial charge in [0.2, 0.25) is 0 Å². The molecule has 0 N–H and O–H groups in total. The van der Waals surface area contributed by atoms with Crippen molar-refractivity contribution >= 4 is 0 Å². The summed E-state index contributed by atoms with van der Waals surface area (Å²) < 4.78 is 0. The highest BCUT2D eigenvalue weighted by Gasteiger charge is 2.29. The third-order valence-corrected chi connectivity index (χ3v) is 4.45. The third-order valence-electron chi connectivity index (χ3n) is 4.45. The van der Waals surface area contributed by atoms with Gasteiger partial charge in [-0.25, -0.2) is 0 Å². The van der Waals surface area contributed by atoms with E-state index in [0.717, 1.165) is 6.54 Å². The second-order valence-corrected chi connectivity index (χ2v) is 6.18. The fourth-order valence-corrected chi connectivity index (χ4v) is 2.95. The molecule has 1 nitrogen and oxygen atoms in total. The lowest BCUT2D eigenvalue weighted by Gasteiger charge is -2.39. The Morgan fingerprint density at radius 1 is 1.11 bits per heavy atom. The summed E-state index contributed by atoms with van der Waals surface area (Å²) in [7, 11) is 0. The van der Waals surface area contributed by atoms with Crippen LogP contribution in [-0.4, -0.2) is 18.0 Å². The molecule has 1 heteroatoms. The first-order chi connectivity index (χ1) is 8.72. The van der Waals surface area contributed by atoms with E-state index >= 15 is 0 Å². The lowest BCUT2D eigenvalue weighted by molar-refractivity contribution is 0.103. The molecule has 1 heterocycles. The summed E-state index contributed by atoms with van der Waals surface area (Å²) in [5.41, 5.74) is 2.07. The Morgan fingerprint density at radius 3 is 2.39 bits per heavy atom. The van der Waals surface area contributed by atoms with E-state index < -0.39 is 0 Å². The molecule has 0 amide bonds. The Hall–Kier alpha value is -0.820. The first-order valence-electron chi connectivity index (χ1n) is 7.48. The summed E-state index contributed by atoms with van der Waals surface area (Å²) in [6.45, 7) is 8.46. The lowest BCUT2D eigenvalue weighted by atomic mass is 9.76. The van der Waals surface area contributed by atoms with Crippen LogP contribution >= 0.6 is 0 Å². The molecule has 0 spiro atoms. The Labute approximate surface area is 112 Å². The number of piperidine rings is 1. The number of rotatable bonds is 5. The Morgan fingerprint density at radius 2 is 1.78 bits per heavy atom.